The number of halogens is 1. The van der Waals surface area contributed by atoms with Gasteiger partial charge in [0.15, 0.2) is 0 Å². The Morgan fingerprint density at radius 1 is 1.07 bits per heavy atom. The van der Waals surface area contributed by atoms with Crippen molar-refractivity contribution < 1.29 is 4.39 Å². The van der Waals surface area contributed by atoms with E-state index in [4.69, 9.17) is 5.73 Å². The number of rotatable bonds is 3. The zero-order valence-electron chi connectivity index (χ0n) is 16.9. The minimum atomic E-state index is -0.257. The van der Waals surface area contributed by atoms with E-state index in [9.17, 15) is 4.39 Å². The molecule has 1 aliphatic rings. The number of fused-ring (bicyclic) bond motifs is 1. The Morgan fingerprint density at radius 2 is 1.83 bits per heavy atom. The molecule has 152 valence electrons. The first-order chi connectivity index (χ1) is 14.6. The molecule has 3 N–H and O–H groups in total. The Morgan fingerprint density at radius 3 is 2.57 bits per heavy atom. The summed E-state index contributed by atoms with van der Waals surface area (Å²) >= 11 is 0. The second-order valence-electron chi connectivity index (χ2n) is 8.06. The Kier molecular flexibility index (Phi) is 4.71. The first kappa shape index (κ1) is 18.8. The van der Waals surface area contributed by atoms with Crippen molar-refractivity contribution in [3.8, 4) is 22.5 Å². The summed E-state index contributed by atoms with van der Waals surface area (Å²) in [5, 5.41) is 1.07. The van der Waals surface area contributed by atoms with E-state index in [1.807, 2.05) is 6.07 Å². The normalized spacial score (nSPS) is 15.7. The molecule has 0 unspecified atom stereocenters. The van der Waals surface area contributed by atoms with Crippen LogP contribution in [0.3, 0.4) is 0 Å². The highest BCUT2D eigenvalue weighted by Crippen LogP contribution is 2.39. The van der Waals surface area contributed by atoms with Crippen molar-refractivity contribution in [2.75, 3.05) is 25.9 Å². The summed E-state index contributed by atoms with van der Waals surface area (Å²) < 4.78 is 13.5. The zero-order chi connectivity index (χ0) is 20.7. The van der Waals surface area contributed by atoms with E-state index in [1.54, 1.807) is 18.3 Å². The largest absolute Gasteiger partial charge is 0.368 e. The smallest absolute Gasteiger partial charge is 0.220 e. The molecule has 5 rings (SSSR count). The quantitative estimate of drug-likeness (QED) is 0.516. The third kappa shape index (κ3) is 3.44. The molecule has 0 spiro atoms. The summed E-state index contributed by atoms with van der Waals surface area (Å²) in [6.45, 7) is 2.25. The van der Waals surface area contributed by atoms with Crippen LogP contribution in [-0.4, -0.2) is 40.0 Å². The average molecular weight is 401 g/mol. The van der Waals surface area contributed by atoms with Gasteiger partial charge >= 0.3 is 0 Å². The molecule has 3 heterocycles. The number of nitrogens with two attached hydrogens (primary N) is 1. The number of nitrogen functional groups attached to an aromatic ring is 1. The van der Waals surface area contributed by atoms with E-state index in [0.717, 1.165) is 46.5 Å². The van der Waals surface area contributed by atoms with Crippen molar-refractivity contribution in [2.45, 2.75) is 18.8 Å². The van der Waals surface area contributed by atoms with E-state index >= 15 is 0 Å². The number of likely N-dealkylation sites (tertiary alicyclic amines) is 1. The van der Waals surface area contributed by atoms with Gasteiger partial charge in [0.1, 0.15) is 5.82 Å². The lowest BCUT2D eigenvalue weighted by atomic mass is 9.89. The minimum Gasteiger partial charge on any atom is -0.368 e. The molecular weight excluding hydrogens is 377 g/mol. The predicted molar refractivity (Wildman–Crippen MR) is 119 cm³/mol. The molecule has 1 saturated heterocycles. The van der Waals surface area contributed by atoms with Gasteiger partial charge in [0, 0.05) is 22.7 Å². The third-order valence-electron chi connectivity index (χ3n) is 6.08. The fourth-order valence-corrected chi connectivity index (χ4v) is 4.42. The number of anilines is 1. The lowest BCUT2D eigenvalue weighted by molar-refractivity contribution is 0.255. The van der Waals surface area contributed by atoms with Gasteiger partial charge in [0.25, 0.3) is 0 Å². The van der Waals surface area contributed by atoms with Gasteiger partial charge in [-0.1, -0.05) is 12.1 Å². The first-order valence-corrected chi connectivity index (χ1v) is 10.3. The van der Waals surface area contributed by atoms with Gasteiger partial charge in [-0.2, -0.15) is 0 Å². The highest BCUT2D eigenvalue weighted by molar-refractivity contribution is 6.03. The van der Waals surface area contributed by atoms with Crippen LogP contribution in [0, 0.1) is 5.82 Å². The molecule has 1 aliphatic heterocycles. The monoisotopic (exact) mass is 401 g/mol. The van der Waals surface area contributed by atoms with Crippen LogP contribution in [0.2, 0.25) is 0 Å². The van der Waals surface area contributed by atoms with E-state index in [1.165, 1.54) is 30.5 Å². The highest BCUT2D eigenvalue weighted by atomic mass is 19.1. The molecule has 0 bridgehead atoms. The molecule has 0 radical (unpaired) electrons. The zero-order valence-corrected chi connectivity index (χ0v) is 16.9. The van der Waals surface area contributed by atoms with Crippen LogP contribution in [0.1, 0.15) is 24.3 Å². The van der Waals surface area contributed by atoms with Gasteiger partial charge in [-0.25, -0.2) is 14.4 Å². The standard InChI is InChI=1S/C24H24FN5/c1-30-12-9-15(10-13-30)17-4-7-19-21(14-17)28-23(16-2-5-18(25)6-3-16)22(19)20-8-11-27-24(26)29-20/h2-8,11,14-15,28H,9-10,12-13H2,1H3,(H2,26,27,29). The van der Waals surface area contributed by atoms with Crippen molar-refractivity contribution in [3.05, 3.63) is 66.1 Å². The Hall–Kier alpha value is -3.25. The summed E-state index contributed by atoms with van der Waals surface area (Å²) in [5.74, 6) is 0.545. The van der Waals surface area contributed by atoms with Gasteiger partial charge in [-0.15, -0.1) is 0 Å². The average Bonchev–Trinajstić information content (AvgIpc) is 3.13. The maximum atomic E-state index is 13.5. The summed E-state index contributed by atoms with van der Waals surface area (Å²) in [5.41, 5.74) is 11.8. The second kappa shape index (κ2) is 7.54. The molecule has 1 fully saturated rings. The number of hydrogen-bond donors (Lipinski definition) is 2. The molecule has 2 aromatic heterocycles. The predicted octanol–water partition coefficient (Wildman–Crippen LogP) is 4.82. The van der Waals surface area contributed by atoms with E-state index in [0.29, 0.717) is 5.92 Å². The topological polar surface area (TPSA) is 70.8 Å². The van der Waals surface area contributed by atoms with Crippen molar-refractivity contribution in [1.82, 2.24) is 19.9 Å². The number of aromatic amines is 1. The molecule has 2 aromatic carbocycles. The molecule has 0 atom stereocenters. The van der Waals surface area contributed by atoms with Crippen molar-refractivity contribution in [1.29, 1.82) is 0 Å². The number of H-pyrrole nitrogens is 1. The molecule has 5 nitrogen and oxygen atoms in total. The van der Waals surface area contributed by atoms with Crippen LogP contribution < -0.4 is 5.73 Å². The number of benzene rings is 2. The summed E-state index contributed by atoms with van der Waals surface area (Å²) in [6, 6.07) is 15.0. The summed E-state index contributed by atoms with van der Waals surface area (Å²) in [4.78, 5) is 14.4. The minimum absolute atomic E-state index is 0.231. The maximum absolute atomic E-state index is 13.5. The number of nitrogens with one attached hydrogen (secondary N) is 1. The maximum Gasteiger partial charge on any atom is 0.220 e. The van der Waals surface area contributed by atoms with Gasteiger partial charge in [0.2, 0.25) is 5.95 Å². The molecule has 0 aliphatic carbocycles. The SMILES string of the molecule is CN1CCC(c2ccc3c(-c4ccnc(N)n4)c(-c4ccc(F)cc4)[nH]c3c2)CC1. The van der Waals surface area contributed by atoms with Gasteiger partial charge in [0.05, 0.1) is 11.4 Å². The lowest BCUT2D eigenvalue weighted by Gasteiger charge is -2.29. The van der Waals surface area contributed by atoms with Gasteiger partial charge in [-0.05, 0) is 86.4 Å². The number of hydrogen-bond acceptors (Lipinski definition) is 4. The van der Waals surface area contributed by atoms with Crippen molar-refractivity contribution >= 4 is 16.9 Å². The third-order valence-corrected chi connectivity index (χ3v) is 6.08. The highest BCUT2D eigenvalue weighted by Gasteiger charge is 2.21. The molecule has 4 aromatic rings. The van der Waals surface area contributed by atoms with Crippen LogP contribution in [0.25, 0.3) is 33.4 Å². The number of nitrogens with zero attached hydrogens (tertiary/aromatic N) is 3. The van der Waals surface area contributed by atoms with E-state index in [2.05, 4.69) is 45.1 Å². The number of aromatic nitrogens is 3. The Balaban J connectivity index is 1.66. The van der Waals surface area contributed by atoms with Gasteiger partial charge in [-0.3, -0.25) is 0 Å². The van der Waals surface area contributed by atoms with Crippen LogP contribution >= 0.6 is 0 Å². The fourth-order valence-electron chi connectivity index (χ4n) is 4.42. The van der Waals surface area contributed by atoms with Crippen LogP contribution in [-0.2, 0) is 0 Å². The van der Waals surface area contributed by atoms with E-state index in [-0.39, 0.29) is 11.8 Å². The lowest BCUT2D eigenvalue weighted by Crippen LogP contribution is -2.29. The molecule has 30 heavy (non-hydrogen) atoms. The Labute approximate surface area is 174 Å². The second-order valence-corrected chi connectivity index (χ2v) is 8.06. The van der Waals surface area contributed by atoms with Crippen molar-refractivity contribution in [3.63, 3.8) is 0 Å². The van der Waals surface area contributed by atoms with Gasteiger partial charge < -0.3 is 15.6 Å². The summed E-state index contributed by atoms with van der Waals surface area (Å²) in [6.07, 6.45) is 4.00. The van der Waals surface area contributed by atoms with Crippen molar-refractivity contribution in [2.24, 2.45) is 0 Å². The molecule has 0 amide bonds. The van der Waals surface area contributed by atoms with Crippen LogP contribution in [0.4, 0.5) is 10.3 Å². The summed E-state index contributed by atoms with van der Waals surface area (Å²) in [7, 11) is 2.18. The molecule has 0 saturated carbocycles. The molecular formula is C24H24FN5. The fraction of sp³-hybridized carbons (Fsp3) is 0.250. The number of piperidine rings is 1. The molecule has 6 heteroatoms. The Bertz CT molecular complexity index is 1190. The first-order valence-electron chi connectivity index (χ1n) is 10.3. The van der Waals surface area contributed by atoms with E-state index < -0.39 is 0 Å². The van der Waals surface area contributed by atoms with Crippen LogP contribution in [0.5, 0.6) is 0 Å². The van der Waals surface area contributed by atoms with Crippen LogP contribution in [0.15, 0.2) is 54.7 Å².